The van der Waals surface area contributed by atoms with Crippen LogP contribution in [-0.2, 0) is 0 Å². The lowest BCUT2D eigenvalue weighted by molar-refractivity contribution is 0.630. The smallest absolute Gasteiger partial charge is 0.251 e. The van der Waals surface area contributed by atoms with Gasteiger partial charge in [-0.2, -0.15) is 0 Å². The van der Waals surface area contributed by atoms with Crippen molar-refractivity contribution in [2.45, 2.75) is 6.92 Å². The quantitative estimate of drug-likeness (QED) is 0.770. The van der Waals surface area contributed by atoms with Crippen LogP contribution in [0.25, 0.3) is 11.4 Å². The molecular weight excluding hydrogens is 195 g/mol. The van der Waals surface area contributed by atoms with E-state index in [1.165, 1.54) is 12.1 Å². The van der Waals surface area contributed by atoms with Gasteiger partial charge in [0, 0.05) is 11.8 Å². The fourth-order valence-electron chi connectivity index (χ4n) is 1.36. The average molecular weight is 204 g/mol. The molecule has 1 aromatic carbocycles. The molecule has 0 aliphatic rings. The molecule has 0 aliphatic heterocycles. The maximum absolute atomic E-state index is 13.4. The number of aromatic nitrogens is 2. The van der Waals surface area contributed by atoms with Gasteiger partial charge in [0.15, 0.2) is 0 Å². The van der Waals surface area contributed by atoms with Crippen LogP contribution in [0.2, 0.25) is 0 Å². The van der Waals surface area contributed by atoms with Crippen LogP contribution in [0.5, 0.6) is 0 Å². The van der Waals surface area contributed by atoms with Gasteiger partial charge >= 0.3 is 0 Å². The highest BCUT2D eigenvalue weighted by Crippen LogP contribution is 2.17. The van der Waals surface area contributed by atoms with Gasteiger partial charge in [0.2, 0.25) is 0 Å². The standard InChI is InChI=1S/C11H9FN2O/c1-7-6-10(15)14-11(13-7)8-4-2-3-5-9(8)12/h2-6H,1H3,(H,13,14,15). The van der Waals surface area contributed by atoms with Crippen molar-refractivity contribution in [2.75, 3.05) is 0 Å². The number of halogens is 1. The first kappa shape index (κ1) is 9.58. The number of hydrogen-bond acceptors (Lipinski definition) is 2. The summed E-state index contributed by atoms with van der Waals surface area (Å²) in [5.41, 5.74) is 0.594. The molecule has 0 saturated carbocycles. The molecule has 15 heavy (non-hydrogen) atoms. The number of rotatable bonds is 1. The highest BCUT2D eigenvalue weighted by atomic mass is 19.1. The van der Waals surface area contributed by atoms with Crippen molar-refractivity contribution < 1.29 is 4.39 Å². The zero-order valence-electron chi connectivity index (χ0n) is 8.12. The van der Waals surface area contributed by atoms with Gasteiger partial charge in [0.1, 0.15) is 11.6 Å². The van der Waals surface area contributed by atoms with Crippen molar-refractivity contribution in [3.05, 3.63) is 52.2 Å². The van der Waals surface area contributed by atoms with Gasteiger partial charge in [0.05, 0.1) is 5.56 Å². The van der Waals surface area contributed by atoms with Gasteiger partial charge in [-0.15, -0.1) is 0 Å². The Morgan fingerprint density at radius 2 is 2.07 bits per heavy atom. The summed E-state index contributed by atoms with van der Waals surface area (Å²) in [4.78, 5) is 17.7. The van der Waals surface area contributed by atoms with E-state index in [0.717, 1.165) is 0 Å². The van der Waals surface area contributed by atoms with E-state index in [-0.39, 0.29) is 11.4 Å². The summed E-state index contributed by atoms with van der Waals surface area (Å²) in [5.74, 6) is -0.135. The molecule has 3 nitrogen and oxygen atoms in total. The van der Waals surface area contributed by atoms with Crippen LogP contribution >= 0.6 is 0 Å². The lowest BCUT2D eigenvalue weighted by Crippen LogP contribution is -2.09. The van der Waals surface area contributed by atoms with Crippen LogP contribution in [0.3, 0.4) is 0 Å². The zero-order valence-corrected chi connectivity index (χ0v) is 8.12. The Balaban J connectivity index is 2.64. The molecule has 1 N–H and O–H groups in total. The van der Waals surface area contributed by atoms with E-state index < -0.39 is 5.82 Å². The molecule has 0 unspecified atom stereocenters. The summed E-state index contributed by atoms with van der Waals surface area (Å²) >= 11 is 0. The summed E-state index contributed by atoms with van der Waals surface area (Å²) in [6.45, 7) is 1.69. The van der Waals surface area contributed by atoms with Crippen molar-refractivity contribution >= 4 is 0 Å². The predicted octanol–water partition coefficient (Wildman–Crippen LogP) is 1.88. The van der Waals surface area contributed by atoms with E-state index in [2.05, 4.69) is 9.97 Å². The van der Waals surface area contributed by atoms with Crippen LogP contribution in [0.1, 0.15) is 5.69 Å². The van der Waals surface area contributed by atoms with E-state index in [1.807, 2.05) is 0 Å². The van der Waals surface area contributed by atoms with Crippen LogP contribution in [0.4, 0.5) is 4.39 Å². The average Bonchev–Trinajstić information content (AvgIpc) is 2.16. The zero-order chi connectivity index (χ0) is 10.8. The highest BCUT2D eigenvalue weighted by Gasteiger charge is 2.06. The van der Waals surface area contributed by atoms with E-state index in [4.69, 9.17) is 0 Å². The van der Waals surface area contributed by atoms with Crippen molar-refractivity contribution in [1.29, 1.82) is 0 Å². The molecule has 1 heterocycles. The second-order valence-corrected chi connectivity index (χ2v) is 3.22. The fraction of sp³-hybridized carbons (Fsp3) is 0.0909. The fourth-order valence-corrected chi connectivity index (χ4v) is 1.36. The van der Waals surface area contributed by atoms with E-state index in [9.17, 15) is 9.18 Å². The van der Waals surface area contributed by atoms with Gasteiger partial charge in [-0.05, 0) is 19.1 Å². The predicted molar refractivity (Wildman–Crippen MR) is 55.0 cm³/mol. The van der Waals surface area contributed by atoms with Crippen LogP contribution in [-0.4, -0.2) is 9.97 Å². The topological polar surface area (TPSA) is 45.8 Å². The first-order valence-corrected chi connectivity index (χ1v) is 4.50. The molecule has 0 spiro atoms. The number of nitrogens with one attached hydrogen (secondary N) is 1. The Morgan fingerprint density at radius 3 is 2.73 bits per heavy atom. The minimum atomic E-state index is -0.397. The molecule has 2 aromatic rings. The summed E-state index contributed by atoms with van der Waals surface area (Å²) in [7, 11) is 0. The molecule has 0 amide bonds. The summed E-state index contributed by atoms with van der Waals surface area (Å²) in [5, 5.41) is 0. The minimum absolute atomic E-state index is 0.262. The van der Waals surface area contributed by atoms with Crippen molar-refractivity contribution in [1.82, 2.24) is 9.97 Å². The molecule has 4 heteroatoms. The second-order valence-electron chi connectivity index (χ2n) is 3.22. The summed E-state index contributed by atoms with van der Waals surface area (Å²) in [6, 6.07) is 7.56. The van der Waals surface area contributed by atoms with Gasteiger partial charge in [-0.25, -0.2) is 9.37 Å². The molecule has 0 aliphatic carbocycles. The third kappa shape index (κ3) is 1.93. The van der Waals surface area contributed by atoms with Crippen LogP contribution < -0.4 is 5.56 Å². The van der Waals surface area contributed by atoms with Crippen LogP contribution in [0, 0.1) is 12.7 Å². The normalized spacial score (nSPS) is 10.3. The Hall–Kier alpha value is -1.97. The summed E-state index contributed by atoms with van der Waals surface area (Å²) < 4.78 is 13.4. The largest absolute Gasteiger partial charge is 0.306 e. The highest BCUT2D eigenvalue weighted by molar-refractivity contribution is 5.55. The molecule has 1 aromatic heterocycles. The molecule has 76 valence electrons. The number of hydrogen-bond donors (Lipinski definition) is 1. The Bertz CT molecular complexity index is 548. The summed E-state index contributed by atoms with van der Waals surface area (Å²) in [6.07, 6.45) is 0. The van der Waals surface area contributed by atoms with Crippen molar-refractivity contribution in [3.8, 4) is 11.4 Å². The maximum atomic E-state index is 13.4. The van der Waals surface area contributed by atoms with Gasteiger partial charge in [0.25, 0.3) is 5.56 Å². The number of nitrogens with zero attached hydrogens (tertiary/aromatic N) is 1. The third-order valence-electron chi connectivity index (χ3n) is 2.00. The van der Waals surface area contributed by atoms with Gasteiger partial charge in [-0.1, -0.05) is 12.1 Å². The SMILES string of the molecule is Cc1cc(=O)[nH]c(-c2ccccc2F)n1. The second kappa shape index (κ2) is 3.65. The van der Waals surface area contributed by atoms with Gasteiger partial charge < -0.3 is 4.98 Å². The molecule has 2 rings (SSSR count). The molecule has 0 radical (unpaired) electrons. The first-order chi connectivity index (χ1) is 7.16. The number of H-pyrrole nitrogens is 1. The van der Waals surface area contributed by atoms with E-state index in [1.54, 1.807) is 25.1 Å². The first-order valence-electron chi connectivity index (χ1n) is 4.50. The molecule has 0 fully saturated rings. The Labute approximate surface area is 85.6 Å². The lowest BCUT2D eigenvalue weighted by atomic mass is 10.2. The Morgan fingerprint density at radius 1 is 1.33 bits per heavy atom. The number of benzene rings is 1. The third-order valence-corrected chi connectivity index (χ3v) is 2.00. The van der Waals surface area contributed by atoms with Gasteiger partial charge in [-0.3, -0.25) is 4.79 Å². The van der Waals surface area contributed by atoms with E-state index >= 15 is 0 Å². The Kier molecular flexibility index (Phi) is 2.33. The van der Waals surface area contributed by atoms with Crippen LogP contribution in [0.15, 0.2) is 35.1 Å². The minimum Gasteiger partial charge on any atom is -0.306 e. The lowest BCUT2D eigenvalue weighted by Gasteiger charge is -2.02. The maximum Gasteiger partial charge on any atom is 0.251 e. The molecule has 0 atom stereocenters. The molecule has 0 bridgehead atoms. The monoisotopic (exact) mass is 204 g/mol. The molecular formula is C11H9FN2O. The number of aromatic amines is 1. The van der Waals surface area contributed by atoms with E-state index in [0.29, 0.717) is 11.3 Å². The number of aryl methyl sites for hydroxylation is 1. The molecule has 0 saturated heterocycles. The van der Waals surface area contributed by atoms with Crippen molar-refractivity contribution in [3.63, 3.8) is 0 Å². The van der Waals surface area contributed by atoms with Crippen molar-refractivity contribution in [2.24, 2.45) is 0 Å².